The zero-order valence-electron chi connectivity index (χ0n) is 22.6. The average molecular weight is 523 g/mol. The highest BCUT2D eigenvalue weighted by molar-refractivity contribution is 5.91. The molecule has 0 aliphatic heterocycles. The van der Waals surface area contributed by atoms with Crippen LogP contribution in [0, 0.1) is 12.8 Å². The van der Waals surface area contributed by atoms with Gasteiger partial charge in [0.05, 0.1) is 31.0 Å². The van der Waals surface area contributed by atoms with Crippen molar-refractivity contribution in [1.82, 2.24) is 4.90 Å². The fraction of sp³-hybridized carbons (Fsp3) is 0.548. The van der Waals surface area contributed by atoms with Gasteiger partial charge in [0.2, 0.25) is 0 Å². The summed E-state index contributed by atoms with van der Waals surface area (Å²) in [4.78, 5) is 26.7. The van der Waals surface area contributed by atoms with Gasteiger partial charge in [-0.05, 0) is 74.6 Å². The molecule has 2 aliphatic carbocycles. The number of ether oxygens (including phenoxy) is 2. The topological polar surface area (TPSA) is 88.1 Å². The molecule has 2 fully saturated rings. The second-order valence-corrected chi connectivity index (χ2v) is 10.8. The van der Waals surface area contributed by atoms with Gasteiger partial charge in [-0.25, -0.2) is 9.59 Å². The number of para-hydroxylation sites is 1. The van der Waals surface area contributed by atoms with Crippen molar-refractivity contribution in [1.29, 1.82) is 0 Å². The summed E-state index contributed by atoms with van der Waals surface area (Å²) in [7, 11) is 0. The molecule has 2 aromatic carbocycles. The lowest BCUT2D eigenvalue weighted by molar-refractivity contribution is -0.0526. The molecule has 2 saturated carbocycles. The highest BCUT2D eigenvalue weighted by Gasteiger charge is 2.25. The fourth-order valence-electron chi connectivity index (χ4n) is 5.78. The number of hydrogen-bond donors (Lipinski definition) is 2. The Labute approximate surface area is 226 Å². The van der Waals surface area contributed by atoms with Crippen LogP contribution in [0.15, 0.2) is 48.5 Å². The minimum atomic E-state index is -0.916. The lowest BCUT2D eigenvalue weighted by Crippen LogP contribution is -2.41. The summed E-state index contributed by atoms with van der Waals surface area (Å²) in [5.74, 6) is -0.365. The first-order valence-electron chi connectivity index (χ1n) is 14.2. The lowest BCUT2D eigenvalue weighted by Gasteiger charge is -2.32. The number of carbonyl (C=O) groups is 2. The molecule has 206 valence electrons. The monoisotopic (exact) mass is 522 g/mol. The van der Waals surface area contributed by atoms with Gasteiger partial charge in [0.15, 0.2) is 0 Å². The minimum Gasteiger partial charge on any atom is -0.478 e. The van der Waals surface area contributed by atoms with Crippen LogP contribution in [0.1, 0.15) is 79.3 Å². The average Bonchev–Trinajstić information content (AvgIpc) is 2.92. The van der Waals surface area contributed by atoms with E-state index in [0.29, 0.717) is 30.2 Å². The molecule has 7 heteroatoms. The number of aromatic carboxylic acids is 1. The van der Waals surface area contributed by atoms with E-state index in [4.69, 9.17) is 9.47 Å². The molecule has 0 radical (unpaired) electrons. The number of hydrogen-bond acceptors (Lipinski definition) is 4. The van der Waals surface area contributed by atoms with Crippen molar-refractivity contribution in [3.63, 3.8) is 0 Å². The number of carboxylic acids is 1. The van der Waals surface area contributed by atoms with Gasteiger partial charge >= 0.3 is 12.0 Å². The van der Waals surface area contributed by atoms with Crippen molar-refractivity contribution in [3.8, 4) is 0 Å². The van der Waals surface area contributed by atoms with E-state index >= 15 is 0 Å². The molecule has 7 nitrogen and oxygen atoms in total. The molecule has 38 heavy (non-hydrogen) atoms. The van der Waals surface area contributed by atoms with Crippen LogP contribution in [0.5, 0.6) is 0 Å². The van der Waals surface area contributed by atoms with Crippen LogP contribution >= 0.6 is 0 Å². The Hall–Kier alpha value is -2.90. The van der Waals surface area contributed by atoms with Gasteiger partial charge < -0.3 is 24.8 Å². The number of nitrogens with one attached hydrogen (secondary N) is 1. The highest BCUT2D eigenvalue weighted by atomic mass is 16.5. The quantitative estimate of drug-likeness (QED) is 0.345. The Morgan fingerprint density at radius 3 is 2.39 bits per heavy atom. The molecular formula is C31H42N2O5. The highest BCUT2D eigenvalue weighted by Crippen LogP contribution is 2.27. The lowest BCUT2D eigenvalue weighted by atomic mass is 9.89. The molecule has 2 aromatic rings. The van der Waals surface area contributed by atoms with Crippen LogP contribution in [0.2, 0.25) is 0 Å². The maximum atomic E-state index is 13.1. The van der Waals surface area contributed by atoms with Gasteiger partial charge in [-0.1, -0.05) is 55.7 Å². The molecule has 2 N–H and O–H groups in total. The third kappa shape index (κ3) is 8.30. The Bertz CT molecular complexity index is 1040. The number of carboxylic acid groups (broad SMARTS) is 1. The predicted molar refractivity (Wildman–Crippen MR) is 149 cm³/mol. The Morgan fingerprint density at radius 2 is 1.66 bits per heavy atom. The van der Waals surface area contributed by atoms with Crippen molar-refractivity contribution in [2.24, 2.45) is 5.92 Å². The number of anilines is 1. The normalized spacial score (nSPS) is 20.1. The molecule has 1 unspecified atom stereocenters. The number of rotatable bonds is 11. The van der Waals surface area contributed by atoms with Crippen LogP contribution in [0.4, 0.5) is 10.5 Å². The van der Waals surface area contributed by atoms with E-state index in [9.17, 15) is 14.7 Å². The Morgan fingerprint density at radius 1 is 0.921 bits per heavy atom. The van der Waals surface area contributed by atoms with Gasteiger partial charge in [0, 0.05) is 18.8 Å². The molecule has 0 spiro atoms. The molecule has 2 aliphatic rings. The number of benzene rings is 2. The summed E-state index contributed by atoms with van der Waals surface area (Å²) in [6.45, 7) is 3.92. The zero-order valence-corrected chi connectivity index (χ0v) is 22.6. The maximum Gasteiger partial charge on any atom is 0.336 e. The molecule has 2 atom stereocenters. The van der Waals surface area contributed by atoms with Gasteiger partial charge in [-0.2, -0.15) is 0 Å². The van der Waals surface area contributed by atoms with Gasteiger partial charge in [0.1, 0.15) is 0 Å². The molecule has 2 amide bonds. The van der Waals surface area contributed by atoms with Crippen LogP contribution in [0.25, 0.3) is 0 Å². The van der Waals surface area contributed by atoms with E-state index < -0.39 is 5.97 Å². The molecule has 0 heterocycles. The first-order chi connectivity index (χ1) is 18.5. The number of amides is 2. The summed E-state index contributed by atoms with van der Waals surface area (Å²) in [5.41, 5.74) is 2.60. The van der Waals surface area contributed by atoms with Gasteiger partial charge in [-0.3, -0.25) is 0 Å². The summed E-state index contributed by atoms with van der Waals surface area (Å²) < 4.78 is 12.4. The van der Waals surface area contributed by atoms with E-state index in [0.717, 1.165) is 43.5 Å². The summed E-state index contributed by atoms with van der Waals surface area (Å²) >= 11 is 0. The Kier molecular flexibility index (Phi) is 10.6. The third-order valence-corrected chi connectivity index (χ3v) is 7.86. The van der Waals surface area contributed by atoms with Crippen molar-refractivity contribution in [2.45, 2.75) is 83.5 Å². The molecule has 4 rings (SSSR count). The van der Waals surface area contributed by atoms with Crippen molar-refractivity contribution < 1.29 is 24.2 Å². The van der Waals surface area contributed by atoms with E-state index in [2.05, 4.69) is 5.32 Å². The number of aryl methyl sites for hydroxylation is 1. The van der Waals surface area contributed by atoms with Crippen LogP contribution in [-0.2, 0) is 16.1 Å². The van der Waals surface area contributed by atoms with Crippen LogP contribution in [0.3, 0.4) is 0 Å². The van der Waals surface area contributed by atoms with E-state index in [-0.39, 0.29) is 24.8 Å². The summed E-state index contributed by atoms with van der Waals surface area (Å²) in [5, 5.41) is 12.6. The SMILES string of the molecule is Cc1cccc(COC2CCC[C@H](OCCN(CC3CCCCC3)C(=O)Nc3ccccc3)C2)c1C(=O)O. The van der Waals surface area contributed by atoms with Crippen molar-refractivity contribution in [2.75, 3.05) is 25.0 Å². The molecule has 0 aromatic heterocycles. The molecule has 0 bridgehead atoms. The first kappa shape index (κ1) is 28.1. The van der Waals surface area contributed by atoms with Crippen molar-refractivity contribution in [3.05, 3.63) is 65.2 Å². The van der Waals surface area contributed by atoms with Gasteiger partial charge in [0.25, 0.3) is 0 Å². The van der Waals surface area contributed by atoms with E-state index in [1.165, 1.54) is 32.1 Å². The maximum absolute atomic E-state index is 13.1. The second-order valence-electron chi connectivity index (χ2n) is 10.8. The fourth-order valence-corrected chi connectivity index (χ4v) is 5.78. The Balaban J connectivity index is 1.27. The standard InChI is InChI=1S/C31H42N2O5/c1-23-10-8-13-25(29(23)30(34)35)22-38-28-17-9-16-27(20-28)37-19-18-33(21-24-11-4-2-5-12-24)31(36)32-26-14-6-3-7-15-26/h3,6-8,10,13-15,24,27-28H,2,4-5,9,11-12,16-22H2,1H3,(H,32,36)(H,34,35)/t27-,28?/m0/s1. The summed E-state index contributed by atoms with van der Waals surface area (Å²) in [6, 6.07) is 15.1. The van der Waals surface area contributed by atoms with Crippen molar-refractivity contribution >= 4 is 17.7 Å². The van der Waals surface area contributed by atoms with Gasteiger partial charge in [-0.15, -0.1) is 0 Å². The number of urea groups is 1. The molecule has 0 saturated heterocycles. The minimum absolute atomic E-state index is 0.0376. The first-order valence-corrected chi connectivity index (χ1v) is 14.2. The third-order valence-electron chi connectivity index (χ3n) is 7.86. The van der Waals surface area contributed by atoms with E-state index in [1.54, 1.807) is 0 Å². The van der Waals surface area contributed by atoms with Crippen LogP contribution in [-0.4, -0.2) is 53.9 Å². The number of nitrogens with zero attached hydrogens (tertiary/aromatic N) is 1. The smallest absolute Gasteiger partial charge is 0.336 e. The second kappa shape index (κ2) is 14.3. The van der Waals surface area contributed by atoms with E-state index in [1.807, 2.05) is 60.4 Å². The largest absolute Gasteiger partial charge is 0.478 e. The predicted octanol–water partition coefficient (Wildman–Crippen LogP) is 6.65. The number of carbonyl (C=O) groups excluding carboxylic acids is 1. The van der Waals surface area contributed by atoms with Crippen LogP contribution < -0.4 is 5.32 Å². The molecular weight excluding hydrogens is 480 g/mol. The zero-order chi connectivity index (χ0) is 26.7. The summed E-state index contributed by atoms with van der Waals surface area (Å²) in [6.07, 6.45) is 9.99.